The maximum Gasteiger partial charge on any atom is 0.185 e. The van der Waals surface area contributed by atoms with Gasteiger partial charge in [0.1, 0.15) is 0 Å². The molecule has 0 amide bonds. The van der Waals surface area contributed by atoms with E-state index in [1.54, 1.807) is 0 Å². The summed E-state index contributed by atoms with van der Waals surface area (Å²) in [7, 11) is 0. The fourth-order valence-corrected chi connectivity index (χ4v) is 2.07. The van der Waals surface area contributed by atoms with Crippen LogP contribution >= 0.6 is 24.0 Å². The first-order chi connectivity index (χ1) is 7.75. The van der Waals surface area contributed by atoms with E-state index in [-0.39, 0.29) is 29.9 Å². The standard InChI is InChI=1S/C12H18N4.HI/c13-12(14)15-6-8-16-7-5-10-3-1-2-4-11(10)9-16;/h1-4H,5-9H2,(H4,13,14,15);1H. The minimum atomic E-state index is 0. The van der Waals surface area contributed by atoms with Gasteiger partial charge in [0, 0.05) is 19.6 Å². The summed E-state index contributed by atoms with van der Waals surface area (Å²) in [4.78, 5) is 6.39. The van der Waals surface area contributed by atoms with Gasteiger partial charge in [0.25, 0.3) is 0 Å². The van der Waals surface area contributed by atoms with Crippen LogP contribution in [0.25, 0.3) is 0 Å². The average Bonchev–Trinajstić information content (AvgIpc) is 2.28. The lowest BCUT2D eigenvalue weighted by molar-refractivity contribution is 0.262. The molecule has 1 aliphatic rings. The molecule has 0 fully saturated rings. The van der Waals surface area contributed by atoms with Crippen LogP contribution in [0.3, 0.4) is 0 Å². The molecule has 1 heterocycles. The van der Waals surface area contributed by atoms with Crippen molar-refractivity contribution in [3.8, 4) is 0 Å². The number of nitrogens with zero attached hydrogens (tertiary/aromatic N) is 2. The minimum Gasteiger partial charge on any atom is -0.370 e. The molecule has 1 aromatic rings. The molecule has 0 aliphatic carbocycles. The third-order valence-electron chi connectivity index (χ3n) is 2.92. The van der Waals surface area contributed by atoms with Crippen LogP contribution in [-0.4, -0.2) is 30.5 Å². The van der Waals surface area contributed by atoms with Crippen molar-refractivity contribution < 1.29 is 0 Å². The van der Waals surface area contributed by atoms with Crippen molar-refractivity contribution in [1.29, 1.82) is 0 Å². The predicted molar refractivity (Wildman–Crippen MR) is 81.5 cm³/mol. The highest BCUT2D eigenvalue weighted by molar-refractivity contribution is 14.0. The molecule has 0 unspecified atom stereocenters. The molecule has 0 bridgehead atoms. The van der Waals surface area contributed by atoms with Gasteiger partial charge in [-0.1, -0.05) is 24.3 Å². The first-order valence-electron chi connectivity index (χ1n) is 5.60. The van der Waals surface area contributed by atoms with Crippen molar-refractivity contribution >= 4 is 29.9 Å². The second kappa shape index (κ2) is 6.80. The zero-order valence-electron chi connectivity index (χ0n) is 9.80. The van der Waals surface area contributed by atoms with Gasteiger partial charge >= 0.3 is 0 Å². The number of rotatable bonds is 3. The van der Waals surface area contributed by atoms with E-state index in [0.717, 1.165) is 26.1 Å². The Balaban J connectivity index is 0.00000144. The largest absolute Gasteiger partial charge is 0.370 e. The Morgan fingerprint density at radius 2 is 1.94 bits per heavy atom. The highest BCUT2D eigenvalue weighted by Gasteiger charge is 2.14. The minimum absolute atomic E-state index is 0. The van der Waals surface area contributed by atoms with E-state index in [4.69, 9.17) is 11.5 Å². The van der Waals surface area contributed by atoms with Crippen LogP contribution < -0.4 is 11.5 Å². The maximum absolute atomic E-state index is 5.29. The summed E-state index contributed by atoms with van der Waals surface area (Å²) >= 11 is 0. The van der Waals surface area contributed by atoms with E-state index in [9.17, 15) is 0 Å². The van der Waals surface area contributed by atoms with Crippen LogP contribution in [0.5, 0.6) is 0 Å². The van der Waals surface area contributed by atoms with Crippen molar-refractivity contribution in [1.82, 2.24) is 4.90 Å². The van der Waals surface area contributed by atoms with Gasteiger partial charge in [-0.15, -0.1) is 24.0 Å². The number of benzene rings is 1. The molecule has 0 spiro atoms. The van der Waals surface area contributed by atoms with Gasteiger partial charge in [-0.2, -0.15) is 0 Å². The third kappa shape index (κ3) is 4.16. The van der Waals surface area contributed by atoms with Gasteiger partial charge in [0.05, 0.1) is 6.54 Å². The summed E-state index contributed by atoms with van der Waals surface area (Å²) in [6, 6.07) is 8.61. The summed E-state index contributed by atoms with van der Waals surface area (Å²) in [6.45, 7) is 3.71. The lowest BCUT2D eigenvalue weighted by atomic mass is 10.0. The Labute approximate surface area is 119 Å². The fourth-order valence-electron chi connectivity index (χ4n) is 2.07. The van der Waals surface area contributed by atoms with Crippen LogP contribution in [0.15, 0.2) is 29.3 Å². The molecule has 4 nitrogen and oxygen atoms in total. The summed E-state index contributed by atoms with van der Waals surface area (Å²) in [5, 5.41) is 0. The van der Waals surface area contributed by atoms with E-state index < -0.39 is 0 Å². The summed E-state index contributed by atoms with van der Waals surface area (Å²) < 4.78 is 0. The Bertz CT molecular complexity index is 388. The Hall–Kier alpha value is -0.820. The molecule has 1 aliphatic heterocycles. The lowest BCUT2D eigenvalue weighted by Crippen LogP contribution is -2.33. The van der Waals surface area contributed by atoms with E-state index in [0.29, 0.717) is 6.54 Å². The molecule has 17 heavy (non-hydrogen) atoms. The monoisotopic (exact) mass is 346 g/mol. The van der Waals surface area contributed by atoms with Gasteiger partial charge in [-0.05, 0) is 17.5 Å². The molecule has 1 aromatic carbocycles. The van der Waals surface area contributed by atoms with E-state index in [1.807, 2.05) is 0 Å². The molecule has 0 saturated carbocycles. The molecule has 0 radical (unpaired) electrons. The van der Waals surface area contributed by atoms with Crippen molar-refractivity contribution in [2.75, 3.05) is 19.6 Å². The molecular weight excluding hydrogens is 327 g/mol. The lowest BCUT2D eigenvalue weighted by Gasteiger charge is -2.28. The zero-order chi connectivity index (χ0) is 11.4. The highest BCUT2D eigenvalue weighted by atomic mass is 127. The molecule has 94 valence electrons. The second-order valence-electron chi connectivity index (χ2n) is 4.10. The number of fused-ring (bicyclic) bond motifs is 1. The van der Waals surface area contributed by atoms with E-state index >= 15 is 0 Å². The van der Waals surface area contributed by atoms with Gasteiger partial charge in [-0.25, -0.2) is 0 Å². The molecule has 5 heteroatoms. The molecule has 4 N–H and O–H groups in total. The van der Waals surface area contributed by atoms with Gasteiger partial charge in [0.15, 0.2) is 5.96 Å². The SMILES string of the molecule is I.NC(N)=NCCN1CCc2ccccc2C1. The van der Waals surface area contributed by atoms with Crippen LogP contribution in [0.2, 0.25) is 0 Å². The smallest absolute Gasteiger partial charge is 0.185 e. The van der Waals surface area contributed by atoms with Crippen molar-refractivity contribution in [2.45, 2.75) is 13.0 Å². The topological polar surface area (TPSA) is 67.6 Å². The van der Waals surface area contributed by atoms with Crippen LogP contribution in [0.1, 0.15) is 11.1 Å². The second-order valence-corrected chi connectivity index (χ2v) is 4.10. The molecular formula is C12H19IN4. The molecule has 0 atom stereocenters. The normalized spacial score (nSPS) is 14.6. The number of aliphatic imine (C=N–C) groups is 1. The van der Waals surface area contributed by atoms with Crippen molar-refractivity contribution in [3.63, 3.8) is 0 Å². The number of hydrogen-bond donors (Lipinski definition) is 2. The maximum atomic E-state index is 5.29. The number of nitrogens with two attached hydrogens (primary N) is 2. The summed E-state index contributed by atoms with van der Waals surface area (Å²) in [5.41, 5.74) is 13.5. The summed E-state index contributed by atoms with van der Waals surface area (Å²) in [5.74, 6) is 0.178. The summed E-state index contributed by atoms with van der Waals surface area (Å²) in [6.07, 6.45) is 1.12. The van der Waals surface area contributed by atoms with Crippen molar-refractivity contribution in [3.05, 3.63) is 35.4 Å². The first kappa shape index (κ1) is 14.2. The van der Waals surface area contributed by atoms with Crippen LogP contribution in [0, 0.1) is 0 Å². The fraction of sp³-hybridized carbons (Fsp3) is 0.417. The molecule has 0 aromatic heterocycles. The number of guanidine groups is 1. The Kier molecular flexibility index (Phi) is 5.70. The zero-order valence-corrected chi connectivity index (χ0v) is 12.1. The van der Waals surface area contributed by atoms with Crippen molar-refractivity contribution in [2.24, 2.45) is 16.5 Å². The average molecular weight is 346 g/mol. The molecule has 0 saturated heterocycles. The quantitative estimate of drug-likeness (QED) is 0.486. The van der Waals surface area contributed by atoms with E-state index in [1.165, 1.54) is 11.1 Å². The van der Waals surface area contributed by atoms with E-state index in [2.05, 4.69) is 34.2 Å². The van der Waals surface area contributed by atoms with Crippen LogP contribution in [0.4, 0.5) is 0 Å². The molecule has 2 rings (SSSR count). The third-order valence-corrected chi connectivity index (χ3v) is 2.92. The van der Waals surface area contributed by atoms with Gasteiger partial charge < -0.3 is 11.5 Å². The first-order valence-corrected chi connectivity index (χ1v) is 5.60. The predicted octanol–water partition coefficient (Wildman–Crippen LogP) is 0.936. The van der Waals surface area contributed by atoms with Gasteiger partial charge in [-0.3, -0.25) is 9.89 Å². The van der Waals surface area contributed by atoms with Crippen LogP contribution in [-0.2, 0) is 13.0 Å². The Morgan fingerprint density at radius 1 is 1.24 bits per heavy atom. The highest BCUT2D eigenvalue weighted by Crippen LogP contribution is 2.17. The van der Waals surface area contributed by atoms with Gasteiger partial charge in [0.2, 0.25) is 0 Å². The Morgan fingerprint density at radius 3 is 2.65 bits per heavy atom. The number of halogens is 1. The number of hydrogen-bond acceptors (Lipinski definition) is 2.